The molecule has 0 saturated carbocycles. The number of rotatable bonds is 4. The first kappa shape index (κ1) is 29.2. The average Bonchev–Trinajstić information content (AvgIpc) is 3.52. The molecule has 234 valence electrons. The highest BCUT2D eigenvalue weighted by Gasteiger charge is 2.21. The summed E-state index contributed by atoms with van der Waals surface area (Å²) in [5.74, 6) is 0. The third kappa shape index (κ3) is 4.93. The molecule has 0 atom stereocenters. The first-order valence-corrected chi connectivity index (χ1v) is 17.1. The van der Waals surface area contributed by atoms with Gasteiger partial charge in [0, 0.05) is 16.3 Å². The second-order valence-electron chi connectivity index (χ2n) is 14.1. The van der Waals surface area contributed by atoms with Gasteiger partial charge in [-0.15, -0.1) is 0 Å². The first-order valence-electron chi connectivity index (χ1n) is 17.1. The van der Waals surface area contributed by atoms with E-state index < -0.39 is 0 Å². The van der Waals surface area contributed by atoms with Crippen LogP contribution in [0.3, 0.4) is 0 Å². The standard InChI is InChI=1S/C48H36O/c1-48(2,3)36-29-41(47-43(30-36)37-21-12-13-24-44(37)49-47)35-20-14-19-33(27-35)34-25-26-40-42(28-34)46(32-17-8-5-9-18-32)39-23-11-10-22-38(39)45(40)31-15-6-4-7-16-31/h4-30H,1-3H3. The van der Waals surface area contributed by atoms with Crippen LogP contribution in [0.2, 0.25) is 0 Å². The third-order valence-electron chi connectivity index (χ3n) is 10.0. The predicted molar refractivity (Wildman–Crippen MR) is 209 cm³/mol. The number of para-hydroxylation sites is 1. The van der Waals surface area contributed by atoms with Crippen molar-refractivity contribution in [3.8, 4) is 44.5 Å². The predicted octanol–water partition coefficient (Wildman–Crippen LogP) is 13.9. The van der Waals surface area contributed by atoms with E-state index in [0.717, 1.165) is 27.7 Å². The van der Waals surface area contributed by atoms with Crippen LogP contribution >= 0.6 is 0 Å². The van der Waals surface area contributed by atoms with Gasteiger partial charge in [0.1, 0.15) is 11.2 Å². The smallest absolute Gasteiger partial charge is 0.143 e. The zero-order chi connectivity index (χ0) is 33.1. The maximum absolute atomic E-state index is 6.57. The summed E-state index contributed by atoms with van der Waals surface area (Å²) in [7, 11) is 0. The fourth-order valence-corrected chi connectivity index (χ4v) is 7.53. The van der Waals surface area contributed by atoms with E-state index >= 15 is 0 Å². The van der Waals surface area contributed by atoms with Crippen LogP contribution < -0.4 is 0 Å². The number of hydrogen-bond acceptors (Lipinski definition) is 1. The van der Waals surface area contributed by atoms with Crippen LogP contribution in [0.4, 0.5) is 0 Å². The summed E-state index contributed by atoms with van der Waals surface area (Å²) >= 11 is 0. The molecule has 1 aromatic heterocycles. The van der Waals surface area contributed by atoms with Gasteiger partial charge in [0.2, 0.25) is 0 Å². The van der Waals surface area contributed by atoms with Gasteiger partial charge in [-0.25, -0.2) is 0 Å². The van der Waals surface area contributed by atoms with Crippen LogP contribution in [0.5, 0.6) is 0 Å². The van der Waals surface area contributed by atoms with Gasteiger partial charge in [-0.2, -0.15) is 0 Å². The van der Waals surface area contributed by atoms with Crippen molar-refractivity contribution in [3.63, 3.8) is 0 Å². The van der Waals surface area contributed by atoms with Crippen LogP contribution in [0, 0.1) is 0 Å². The molecule has 0 aliphatic heterocycles. The Hall–Kier alpha value is -5.92. The lowest BCUT2D eigenvalue weighted by atomic mass is 9.83. The Balaban J connectivity index is 1.30. The fraction of sp³-hybridized carbons (Fsp3) is 0.0833. The minimum atomic E-state index is -0.00958. The van der Waals surface area contributed by atoms with Crippen molar-refractivity contribution >= 4 is 43.5 Å². The molecule has 0 spiro atoms. The highest BCUT2D eigenvalue weighted by atomic mass is 16.3. The molecule has 0 N–H and O–H groups in total. The summed E-state index contributed by atoms with van der Waals surface area (Å²) < 4.78 is 6.57. The van der Waals surface area contributed by atoms with E-state index in [1.807, 2.05) is 6.07 Å². The molecule has 0 bridgehead atoms. The second-order valence-corrected chi connectivity index (χ2v) is 14.1. The Morgan fingerprint density at radius 1 is 0.367 bits per heavy atom. The van der Waals surface area contributed by atoms with Crippen molar-refractivity contribution in [2.24, 2.45) is 0 Å². The number of furan rings is 1. The van der Waals surface area contributed by atoms with Crippen molar-refractivity contribution in [2.45, 2.75) is 26.2 Å². The molecule has 0 aliphatic rings. The molecule has 0 fully saturated rings. The summed E-state index contributed by atoms with van der Waals surface area (Å²) in [6.07, 6.45) is 0. The fourth-order valence-electron chi connectivity index (χ4n) is 7.53. The summed E-state index contributed by atoms with van der Waals surface area (Å²) in [5.41, 5.74) is 12.8. The molecule has 1 heterocycles. The second kappa shape index (κ2) is 11.4. The van der Waals surface area contributed by atoms with Gasteiger partial charge in [-0.05, 0) is 102 Å². The van der Waals surface area contributed by atoms with Gasteiger partial charge >= 0.3 is 0 Å². The Bertz CT molecular complexity index is 2670. The van der Waals surface area contributed by atoms with Crippen molar-refractivity contribution < 1.29 is 4.42 Å². The lowest BCUT2D eigenvalue weighted by Gasteiger charge is -2.21. The van der Waals surface area contributed by atoms with E-state index in [0.29, 0.717) is 0 Å². The molecule has 1 nitrogen and oxygen atoms in total. The van der Waals surface area contributed by atoms with E-state index in [2.05, 4.69) is 178 Å². The highest BCUT2D eigenvalue weighted by Crippen LogP contribution is 2.45. The highest BCUT2D eigenvalue weighted by molar-refractivity contribution is 6.22. The molecule has 8 aromatic carbocycles. The Labute approximate surface area is 287 Å². The topological polar surface area (TPSA) is 13.1 Å². The van der Waals surface area contributed by atoms with Crippen molar-refractivity contribution in [3.05, 3.63) is 169 Å². The normalized spacial score (nSPS) is 12.0. The molecule has 0 aliphatic carbocycles. The maximum Gasteiger partial charge on any atom is 0.143 e. The zero-order valence-corrected chi connectivity index (χ0v) is 28.0. The van der Waals surface area contributed by atoms with Gasteiger partial charge in [-0.1, -0.05) is 154 Å². The molecule has 9 rings (SSSR count). The largest absolute Gasteiger partial charge is 0.455 e. The van der Waals surface area contributed by atoms with E-state index in [-0.39, 0.29) is 5.41 Å². The Morgan fingerprint density at radius 2 is 0.898 bits per heavy atom. The average molecular weight is 629 g/mol. The molecular weight excluding hydrogens is 593 g/mol. The number of fused-ring (bicyclic) bond motifs is 5. The summed E-state index contributed by atoms with van der Waals surface area (Å²) in [6, 6.07) is 59.5. The SMILES string of the molecule is CC(C)(C)c1cc(-c2cccc(-c3ccc4c(-c5ccccc5)c5ccccc5c(-c5ccccc5)c4c3)c2)c2oc3ccccc3c2c1. The minimum absolute atomic E-state index is 0.00958. The first-order chi connectivity index (χ1) is 23.9. The van der Waals surface area contributed by atoms with Crippen LogP contribution in [-0.2, 0) is 5.41 Å². The monoisotopic (exact) mass is 628 g/mol. The Morgan fingerprint density at radius 3 is 1.57 bits per heavy atom. The van der Waals surface area contributed by atoms with Crippen molar-refractivity contribution in [1.82, 2.24) is 0 Å². The molecule has 0 radical (unpaired) electrons. The van der Waals surface area contributed by atoms with Gasteiger partial charge in [-0.3, -0.25) is 0 Å². The van der Waals surface area contributed by atoms with Crippen LogP contribution in [-0.4, -0.2) is 0 Å². The van der Waals surface area contributed by atoms with Crippen LogP contribution in [0.15, 0.2) is 168 Å². The molecule has 0 saturated heterocycles. The van der Waals surface area contributed by atoms with Crippen LogP contribution in [0.25, 0.3) is 88.0 Å². The number of benzene rings is 8. The van der Waals surface area contributed by atoms with Gasteiger partial charge in [0.25, 0.3) is 0 Å². The van der Waals surface area contributed by atoms with E-state index in [4.69, 9.17) is 4.42 Å². The van der Waals surface area contributed by atoms with Gasteiger partial charge < -0.3 is 4.42 Å². The molecule has 0 unspecified atom stereocenters. The number of hydrogen-bond donors (Lipinski definition) is 0. The summed E-state index contributed by atoms with van der Waals surface area (Å²) in [5, 5.41) is 7.36. The third-order valence-corrected chi connectivity index (χ3v) is 10.0. The van der Waals surface area contributed by atoms with Crippen molar-refractivity contribution in [2.75, 3.05) is 0 Å². The maximum atomic E-state index is 6.57. The molecule has 1 heteroatoms. The quantitative estimate of drug-likeness (QED) is 0.177. The lowest BCUT2D eigenvalue weighted by molar-refractivity contribution is 0.590. The van der Waals surface area contributed by atoms with Gasteiger partial charge in [0.05, 0.1) is 0 Å². The van der Waals surface area contributed by atoms with E-state index in [9.17, 15) is 0 Å². The molecule has 49 heavy (non-hydrogen) atoms. The molecule has 9 aromatic rings. The molecule has 0 amide bonds. The molecular formula is C48H36O. The minimum Gasteiger partial charge on any atom is -0.455 e. The van der Waals surface area contributed by atoms with E-state index in [1.165, 1.54) is 65.9 Å². The van der Waals surface area contributed by atoms with Gasteiger partial charge in [0.15, 0.2) is 0 Å². The summed E-state index contributed by atoms with van der Waals surface area (Å²) in [6.45, 7) is 6.84. The Kier molecular flexibility index (Phi) is 6.78. The van der Waals surface area contributed by atoms with Crippen molar-refractivity contribution in [1.29, 1.82) is 0 Å². The van der Waals surface area contributed by atoms with E-state index in [1.54, 1.807) is 0 Å². The zero-order valence-electron chi connectivity index (χ0n) is 28.0. The summed E-state index contributed by atoms with van der Waals surface area (Å²) in [4.78, 5) is 0. The lowest BCUT2D eigenvalue weighted by Crippen LogP contribution is -2.11. The van der Waals surface area contributed by atoms with Crippen LogP contribution in [0.1, 0.15) is 26.3 Å².